The van der Waals surface area contributed by atoms with E-state index in [1.807, 2.05) is 36.4 Å². The Morgan fingerprint density at radius 2 is 1.75 bits per heavy atom. The van der Waals surface area contributed by atoms with Crippen LogP contribution in [0.5, 0.6) is 11.5 Å². The molecule has 160 valence electrons. The first-order valence-electron chi connectivity index (χ1n) is 9.89. The molecule has 0 saturated heterocycles. The fourth-order valence-electron chi connectivity index (χ4n) is 3.37. The van der Waals surface area contributed by atoms with Crippen molar-refractivity contribution >= 4 is 29.1 Å². The third-order valence-electron chi connectivity index (χ3n) is 4.81. The van der Waals surface area contributed by atoms with Crippen molar-refractivity contribution < 1.29 is 19.6 Å². The van der Waals surface area contributed by atoms with Crippen molar-refractivity contribution in [2.75, 3.05) is 11.6 Å². The number of carbonyl (C=O) groups is 1. The van der Waals surface area contributed by atoms with Gasteiger partial charge < -0.3 is 9.84 Å². The molecule has 3 aromatic carbocycles. The number of nitro groups is 1. The number of anilines is 1. The predicted octanol–water partition coefficient (Wildman–Crippen LogP) is 4.53. The van der Waals surface area contributed by atoms with Gasteiger partial charge in [0.15, 0.2) is 5.75 Å². The number of benzene rings is 3. The van der Waals surface area contributed by atoms with E-state index in [9.17, 15) is 20.0 Å². The summed E-state index contributed by atoms with van der Waals surface area (Å²) in [6.07, 6.45) is 1.52. The summed E-state index contributed by atoms with van der Waals surface area (Å²) in [6, 6.07) is 20.8. The van der Waals surface area contributed by atoms with Crippen LogP contribution in [0.4, 0.5) is 11.4 Å². The fourth-order valence-corrected chi connectivity index (χ4v) is 3.37. The molecular weight excluding hydrogens is 410 g/mol. The molecule has 4 rings (SSSR count). The highest BCUT2D eigenvalue weighted by atomic mass is 16.6. The summed E-state index contributed by atoms with van der Waals surface area (Å²) in [6.45, 7) is 1.91. The molecule has 0 saturated carbocycles. The van der Waals surface area contributed by atoms with E-state index in [4.69, 9.17) is 4.74 Å². The van der Waals surface area contributed by atoms with Gasteiger partial charge in [0.25, 0.3) is 5.91 Å². The standard InChI is InChI=1S/C24H19N3O5/c1-2-32-21-15-16(14-20(23(21)28)27(30)31)13-19-22(17-9-5-3-6-10-17)25-26(24(19)29)18-11-7-4-8-12-18/h3-15,28H,2H2,1H3. The van der Waals surface area contributed by atoms with Gasteiger partial charge >= 0.3 is 5.69 Å². The summed E-state index contributed by atoms with van der Waals surface area (Å²) in [5, 5.41) is 27.4. The number of phenols is 1. The van der Waals surface area contributed by atoms with Gasteiger partial charge in [-0.3, -0.25) is 14.9 Å². The highest BCUT2D eigenvalue weighted by Gasteiger charge is 2.32. The lowest BCUT2D eigenvalue weighted by Crippen LogP contribution is -2.21. The smallest absolute Gasteiger partial charge is 0.315 e. The Labute approximate surface area is 183 Å². The van der Waals surface area contributed by atoms with Gasteiger partial charge in [-0.25, -0.2) is 0 Å². The van der Waals surface area contributed by atoms with Crippen LogP contribution in [0.3, 0.4) is 0 Å². The van der Waals surface area contributed by atoms with E-state index in [0.29, 0.717) is 17.0 Å². The molecule has 1 N–H and O–H groups in total. The number of nitrogens with zero attached hydrogens (tertiary/aromatic N) is 3. The second-order valence-corrected chi connectivity index (χ2v) is 6.90. The molecule has 0 aromatic heterocycles. The predicted molar refractivity (Wildman–Crippen MR) is 121 cm³/mol. The summed E-state index contributed by atoms with van der Waals surface area (Å²) in [4.78, 5) is 24.0. The SMILES string of the molecule is CCOc1cc(C=C2C(=O)N(c3ccccc3)N=C2c2ccccc2)cc([N+](=O)[O-])c1O. The first-order valence-corrected chi connectivity index (χ1v) is 9.89. The van der Waals surface area contributed by atoms with Gasteiger partial charge in [-0.05, 0) is 36.8 Å². The maximum Gasteiger partial charge on any atom is 0.315 e. The molecule has 1 aliphatic rings. The van der Waals surface area contributed by atoms with E-state index in [1.54, 1.807) is 31.2 Å². The Kier molecular flexibility index (Phi) is 5.67. The van der Waals surface area contributed by atoms with Crippen LogP contribution < -0.4 is 9.75 Å². The molecule has 1 aliphatic heterocycles. The minimum absolute atomic E-state index is 0.0305. The second kappa shape index (κ2) is 8.73. The monoisotopic (exact) mass is 429 g/mol. The zero-order valence-corrected chi connectivity index (χ0v) is 17.1. The van der Waals surface area contributed by atoms with Gasteiger partial charge in [0, 0.05) is 11.6 Å². The maximum atomic E-state index is 13.3. The molecule has 32 heavy (non-hydrogen) atoms. The molecule has 0 bridgehead atoms. The van der Waals surface area contributed by atoms with Gasteiger partial charge in [0.1, 0.15) is 5.71 Å². The van der Waals surface area contributed by atoms with E-state index in [-0.39, 0.29) is 23.8 Å². The van der Waals surface area contributed by atoms with E-state index >= 15 is 0 Å². The largest absolute Gasteiger partial charge is 0.500 e. The lowest BCUT2D eigenvalue weighted by Gasteiger charge is -2.11. The summed E-state index contributed by atoms with van der Waals surface area (Å²) in [5.41, 5.74) is 1.85. The number of carbonyl (C=O) groups excluding carboxylic acids is 1. The lowest BCUT2D eigenvalue weighted by atomic mass is 10.00. The van der Waals surface area contributed by atoms with E-state index in [1.165, 1.54) is 23.2 Å². The Hall–Kier alpha value is -4.46. The van der Waals surface area contributed by atoms with Crippen molar-refractivity contribution in [2.24, 2.45) is 5.10 Å². The molecule has 0 atom stereocenters. The number of hydrogen-bond donors (Lipinski definition) is 1. The number of amides is 1. The number of hydrogen-bond acceptors (Lipinski definition) is 6. The number of nitro benzene ring substituents is 1. The van der Waals surface area contributed by atoms with Crippen molar-refractivity contribution in [3.8, 4) is 11.5 Å². The Balaban J connectivity index is 1.86. The molecule has 8 heteroatoms. The first-order chi connectivity index (χ1) is 15.5. The molecule has 0 radical (unpaired) electrons. The molecule has 0 unspecified atom stereocenters. The maximum absolute atomic E-state index is 13.3. The molecule has 0 fully saturated rings. The molecule has 0 aliphatic carbocycles. The lowest BCUT2D eigenvalue weighted by molar-refractivity contribution is -0.386. The fraction of sp³-hybridized carbons (Fsp3) is 0.0833. The van der Waals surface area contributed by atoms with Crippen molar-refractivity contribution in [2.45, 2.75) is 6.92 Å². The number of phenolic OH excluding ortho intramolecular Hbond substituents is 1. The molecule has 8 nitrogen and oxygen atoms in total. The quantitative estimate of drug-likeness (QED) is 0.352. The number of para-hydroxylation sites is 1. The van der Waals surface area contributed by atoms with Crippen LogP contribution in [-0.2, 0) is 4.79 Å². The Morgan fingerprint density at radius 1 is 1.09 bits per heavy atom. The van der Waals surface area contributed by atoms with Crippen molar-refractivity contribution in [1.29, 1.82) is 0 Å². The summed E-state index contributed by atoms with van der Waals surface area (Å²) < 4.78 is 5.35. The van der Waals surface area contributed by atoms with E-state index in [2.05, 4.69) is 5.10 Å². The van der Waals surface area contributed by atoms with Crippen LogP contribution in [0.15, 0.2) is 83.5 Å². The minimum atomic E-state index is -0.696. The third-order valence-corrected chi connectivity index (χ3v) is 4.81. The van der Waals surface area contributed by atoms with Crippen molar-refractivity contribution in [3.63, 3.8) is 0 Å². The number of rotatable bonds is 6. The molecular formula is C24H19N3O5. The molecule has 1 heterocycles. The zero-order chi connectivity index (χ0) is 22.7. The van der Waals surface area contributed by atoms with Gasteiger partial charge in [0.05, 0.1) is 22.8 Å². The van der Waals surface area contributed by atoms with Gasteiger partial charge in [-0.15, -0.1) is 0 Å². The Morgan fingerprint density at radius 3 is 2.38 bits per heavy atom. The van der Waals surface area contributed by atoms with Crippen molar-refractivity contribution in [1.82, 2.24) is 0 Å². The van der Waals surface area contributed by atoms with E-state index in [0.717, 1.165) is 5.56 Å². The third kappa shape index (κ3) is 3.93. The molecule has 1 amide bonds. The van der Waals surface area contributed by atoms with Crippen LogP contribution in [0.2, 0.25) is 0 Å². The van der Waals surface area contributed by atoms with Crippen LogP contribution in [0.1, 0.15) is 18.1 Å². The zero-order valence-electron chi connectivity index (χ0n) is 17.1. The van der Waals surface area contributed by atoms with Crippen LogP contribution in [-0.4, -0.2) is 28.3 Å². The number of ether oxygens (including phenoxy) is 1. The summed E-state index contributed by atoms with van der Waals surface area (Å²) >= 11 is 0. The first kappa shape index (κ1) is 20.8. The summed E-state index contributed by atoms with van der Waals surface area (Å²) in [5.74, 6) is -0.958. The highest BCUT2D eigenvalue weighted by Crippen LogP contribution is 2.38. The highest BCUT2D eigenvalue weighted by molar-refractivity contribution is 6.37. The normalized spacial score (nSPS) is 14.5. The van der Waals surface area contributed by atoms with Crippen LogP contribution >= 0.6 is 0 Å². The molecule has 3 aromatic rings. The average Bonchev–Trinajstić information content (AvgIpc) is 3.13. The second-order valence-electron chi connectivity index (χ2n) is 6.90. The van der Waals surface area contributed by atoms with Gasteiger partial charge in [0.2, 0.25) is 5.75 Å². The molecule has 0 spiro atoms. The topological polar surface area (TPSA) is 105 Å². The van der Waals surface area contributed by atoms with Gasteiger partial charge in [-0.1, -0.05) is 48.5 Å². The minimum Gasteiger partial charge on any atom is -0.500 e. The average molecular weight is 429 g/mol. The van der Waals surface area contributed by atoms with Crippen molar-refractivity contribution in [3.05, 3.63) is 99.6 Å². The number of hydrazone groups is 1. The van der Waals surface area contributed by atoms with E-state index < -0.39 is 16.4 Å². The summed E-state index contributed by atoms with van der Waals surface area (Å²) in [7, 11) is 0. The van der Waals surface area contributed by atoms with Gasteiger partial charge in [-0.2, -0.15) is 10.1 Å². The van der Waals surface area contributed by atoms with Crippen LogP contribution in [0, 0.1) is 10.1 Å². The van der Waals surface area contributed by atoms with Crippen LogP contribution in [0.25, 0.3) is 6.08 Å². The Bertz CT molecular complexity index is 1240. The number of aromatic hydroxyl groups is 1.